The van der Waals surface area contributed by atoms with Crippen molar-refractivity contribution in [3.63, 3.8) is 0 Å². The zero-order valence-electron chi connectivity index (χ0n) is 11.0. The fourth-order valence-corrected chi connectivity index (χ4v) is 1.83. The van der Waals surface area contributed by atoms with Gasteiger partial charge in [0.15, 0.2) is 0 Å². The molecular formula is C13H19N3O3. The minimum absolute atomic E-state index is 0.335. The molecule has 6 heteroatoms. The number of aliphatic imine (C=N–C) groups is 3. The topological polar surface area (TPSA) is 88.3 Å². The Bertz CT molecular complexity index is 339. The highest BCUT2D eigenvalue weighted by atomic mass is 16.1. The van der Waals surface area contributed by atoms with Crippen LogP contribution in [0.3, 0.4) is 0 Å². The molecule has 0 aliphatic carbocycles. The van der Waals surface area contributed by atoms with Gasteiger partial charge in [-0.3, -0.25) is 0 Å². The molecule has 0 amide bonds. The zero-order chi connectivity index (χ0) is 14.2. The number of rotatable bonds is 12. The van der Waals surface area contributed by atoms with Gasteiger partial charge in [0.05, 0.1) is 19.6 Å². The molecule has 0 spiro atoms. The second-order valence-corrected chi connectivity index (χ2v) is 4.24. The summed E-state index contributed by atoms with van der Waals surface area (Å²) in [6, 6.07) is 0. The Morgan fingerprint density at radius 2 is 1.16 bits per heavy atom. The molecular weight excluding hydrogens is 246 g/mol. The smallest absolute Gasteiger partial charge is 0.211 e. The maximum atomic E-state index is 10.1. The summed E-state index contributed by atoms with van der Waals surface area (Å²) in [7, 11) is 0. The first-order chi connectivity index (χ1) is 9.35. The van der Waals surface area contributed by atoms with Gasteiger partial charge >= 0.3 is 0 Å². The summed E-state index contributed by atoms with van der Waals surface area (Å²) in [6.07, 6.45) is 10.0. The van der Waals surface area contributed by atoms with Crippen molar-refractivity contribution < 1.29 is 14.4 Å². The van der Waals surface area contributed by atoms with Gasteiger partial charge in [-0.25, -0.2) is 29.4 Å². The molecule has 0 rings (SSSR count). The standard InChI is InChI=1S/C13H19N3O3/c17-10-14-7-3-1-5-13(9-16-12-19)6-2-4-8-15-11-18/h13H,1-9H2. The quantitative estimate of drug-likeness (QED) is 0.307. The van der Waals surface area contributed by atoms with Gasteiger partial charge < -0.3 is 0 Å². The molecule has 0 N–H and O–H groups in total. The molecule has 0 atom stereocenters. The van der Waals surface area contributed by atoms with Gasteiger partial charge in [-0.05, 0) is 31.6 Å². The van der Waals surface area contributed by atoms with Crippen molar-refractivity contribution in [1.82, 2.24) is 0 Å². The fourth-order valence-electron chi connectivity index (χ4n) is 1.83. The summed E-state index contributed by atoms with van der Waals surface area (Å²) in [5.74, 6) is 0.335. The van der Waals surface area contributed by atoms with E-state index in [1.54, 1.807) is 6.08 Å². The van der Waals surface area contributed by atoms with Gasteiger partial charge in [0.25, 0.3) is 0 Å². The molecule has 19 heavy (non-hydrogen) atoms. The molecule has 0 unspecified atom stereocenters. The lowest BCUT2D eigenvalue weighted by Gasteiger charge is -2.12. The summed E-state index contributed by atoms with van der Waals surface area (Å²) in [5, 5.41) is 0. The van der Waals surface area contributed by atoms with Crippen LogP contribution < -0.4 is 0 Å². The van der Waals surface area contributed by atoms with Crippen molar-refractivity contribution in [3.05, 3.63) is 0 Å². The minimum Gasteiger partial charge on any atom is -0.211 e. The largest absolute Gasteiger partial charge is 0.234 e. The third-order valence-corrected chi connectivity index (χ3v) is 2.81. The van der Waals surface area contributed by atoms with E-state index in [9.17, 15) is 14.4 Å². The second-order valence-electron chi connectivity index (χ2n) is 4.24. The summed E-state index contributed by atoms with van der Waals surface area (Å²) in [4.78, 5) is 40.5. The van der Waals surface area contributed by atoms with Crippen molar-refractivity contribution >= 4 is 18.2 Å². The molecule has 0 aliphatic heterocycles. The van der Waals surface area contributed by atoms with Crippen LogP contribution in [0.25, 0.3) is 0 Å². The van der Waals surface area contributed by atoms with Crippen LogP contribution in [-0.2, 0) is 14.4 Å². The molecule has 0 saturated heterocycles. The SMILES string of the molecule is O=C=NCCCCC(CCCCN=C=O)CN=C=O. The molecule has 0 aromatic heterocycles. The van der Waals surface area contributed by atoms with E-state index in [1.165, 1.54) is 12.2 Å². The average molecular weight is 265 g/mol. The molecule has 0 bridgehead atoms. The lowest BCUT2D eigenvalue weighted by atomic mass is 9.96. The number of carbonyl (C=O) groups excluding carboxylic acids is 3. The molecule has 6 nitrogen and oxygen atoms in total. The van der Waals surface area contributed by atoms with Crippen LogP contribution in [0.4, 0.5) is 0 Å². The summed E-state index contributed by atoms with van der Waals surface area (Å²) in [5.41, 5.74) is 0. The molecule has 0 aromatic carbocycles. The van der Waals surface area contributed by atoms with Crippen LogP contribution in [0.2, 0.25) is 0 Å². The third kappa shape index (κ3) is 12.4. The molecule has 0 fully saturated rings. The summed E-state index contributed by atoms with van der Waals surface area (Å²) < 4.78 is 0. The van der Waals surface area contributed by atoms with Gasteiger partial charge in [-0.1, -0.05) is 12.8 Å². The zero-order valence-corrected chi connectivity index (χ0v) is 11.0. The van der Waals surface area contributed by atoms with E-state index in [-0.39, 0.29) is 0 Å². The maximum absolute atomic E-state index is 10.1. The van der Waals surface area contributed by atoms with Gasteiger partial charge in [0, 0.05) is 0 Å². The number of nitrogens with zero attached hydrogens (tertiary/aromatic N) is 3. The van der Waals surface area contributed by atoms with E-state index in [4.69, 9.17) is 0 Å². The van der Waals surface area contributed by atoms with Crippen molar-refractivity contribution in [2.45, 2.75) is 38.5 Å². The van der Waals surface area contributed by atoms with E-state index in [1.807, 2.05) is 0 Å². The highest BCUT2D eigenvalue weighted by Gasteiger charge is 2.07. The van der Waals surface area contributed by atoms with E-state index >= 15 is 0 Å². The summed E-state index contributed by atoms with van der Waals surface area (Å²) >= 11 is 0. The fraction of sp³-hybridized carbons (Fsp3) is 0.769. The Hall–Kier alpha value is -1.86. The molecule has 104 valence electrons. The predicted molar refractivity (Wildman–Crippen MR) is 70.2 cm³/mol. The van der Waals surface area contributed by atoms with E-state index in [0.29, 0.717) is 25.6 Å². The first-order valence-electron chi connectivity index (χ1n) is 6.46. The Balaban J connectivity index is 3.83. The van der Waals surface area contributed by atoms with Crippen LogP contribution >= 0.6 is 0 Å². The van der Waals surface area contributed by atoms with Gasteiger partial charge in [0.1, 0.15) is 0 Å². The highest BCUT2D eigenvalue weighted by Crippen LogP contribution is 2.16. The number of unbranched alkanes of at least 4 members (excludes halogenated alkanes) is 2. The first kappa shape index (κ1) is 17.1. The average Bonchev–Trinajstić information content (AvgIpc) is 2.43. The number of hydrogen-bond acceptors (Lipinski definition) is 6. The molecule has 0 radical (unpaired) electrons. The Morgan fingerprint density at radius 1 is 0.684 bits per heavy atom. The van der Waals surface area contributed by atoms with Gasteiger partial charge in [0.2, 0.25) is 18.2 Å². The van der Waals surface area contributed by atoms with Crippen molar-refractivity contribution in [2.75, 3.05) is 19.6 Å². The van der Waals surface area contributed by atoms with Crippen LogP contribution in [0, 0.1) is 5.92 Å². The normalized spacial score (nSPS) is 10.7. The second kappa shape index (κ2) is 14.2. The molecule has 0 saturated carbocycles. The first-order valence-corrected chi connectivity index (χ1v) is 6.46. The van der Waals surface area contributed by atoms with Crippen LogP contribution in [0.1, 0.15) is 38.5 Å². The highest BCUT2D eigenvalue weighted by molar-refractivity contribution is 5.33. The Labute approximate surface area is 112 Å². The van der Waals surface area contributed by atoms with E-state index in [2.05, 4.69) is 15.0 Å². The minimum atomic E-state index is 0.335. The Morgan fingerprint density at radius 3 is 1.58 bits per heavy atom. The molecule has 0 aromatic rings. The van der Waals surface area contributed by atoms with E-state index < -0.39 is 0 Å². The molecule has 0 heterocycles. The van der Waals surface area contributed by atoms with Crippen LogP contribution in [0.5, 0.6) is 0 Å². The maximum Gasteiger partial charge on any atom is 0.234 e. The lowest BCUT2D eigenvalue weighted by molar-refractivity contribution is 0.423. The monoisotopic (exact) mass is 265 g/mol. The third-order valence-electron chi connectivity index (χ3n) is 2.81. The van der Waals surface area contributed by atoms with Gasteiger partial charge in [-0.15, -0.1) is 0 Å². The predicted octanol–water partition coefficient (Wildman–Crippen LogP) is 1.95. The summed E-state index contributed by atoms with van der Waals surface area (Å²) in [6.45, 7) is 1.49. The Kier molecular flexibility index (Phi) is 12.8. The van der Waals surface area contributed by atoms with E-state index in [0.717, 1.165) is 38.5 Å². The van der Waals surface area contributed by atoms with Crippen molar-refractivity contribution in [2.24, 2.45) is 20.9 Å². The number of isocyanates is 3. The van der Waals surface area contributed by atoms with Crippen molar-refractivity contribution in [1.29, 1.82) is 0 Å². The van der Waals surface area contributed by atoms with Crippen molar-refractivity contribution in [3.8, 4) is 0 Å². The van der Waals surface area contributed by atoms with Crippen LogP contribution in [0.15, 0.2) is 15.0 Å². The number of hydrogen-bond donors (Lipinski definition) is 0. The molecule has 0 aliphatic rings. The van der Waals surface area contributed by atoms with Crippen LogP contribution in [-0.4, -0.2) is 37.9 Å². The van der Waals surface area contributed by atoms with Gasteiger partial charge in [-0.2, -0.15) is 0 Å². The lowest BCUT2D eigenvalue weighted by Crippen LogP contribution is -2.05.